The molecular formula is C31H33FN4O6. The van der Waals surface area contributed by atoms with Crippen LogP contribution in [0, 0.1) is 12.7 Å². The van der Waals surface area contributed by atoms with Crippen LogP contribution in [0.25, 0.3) is 0 Å². The number of rotatable bonds is 9. The van der Waals surface area contributed by atoms with E-state index in [0.717, 1.165) is 11.6 Å². The molecule has 220 valence electrons. The summed E-state index contributed by atoms with van der Waals surface area (Å²) in [7, 11) is 1.54. The zero-order chi connectivity index (χ0) is 30.2. The average molecular weight is 577 g/mol. The molecule has 2 atom stereocenters. The van der Waals surface area contributed by atoms with E-state index >= 15 is 0 Å². The van der Waals surface area contributed by atoms with Gasteiger partial charge >= 0.3 is 12.0 Å². The molecular weight excluding hydrogens is 543 g/mol. The predicted octanol–water partition coefficient (Wildman–Crippen LogP) is 4.11. The third-order valence-electron chi connectivity index (χ3n) is 6.93. The fourth-order valence-electron chi connectivity index (χ4n) is 4.92. The molecule has 3 aromatic carbocycles. The maximum atomic E-state index is 13.9. The second kappa shape index (κ2) is 13.6. The first-order valence-corrected chi connectivity index (χ1v) is 13.5. The zero-order valence-corrected chi connectivity index (χ0v) is 23.4. The van der Waals surface area contributed by atoms with Gasteiger partial charge in [-0.15, -0.1) is 0 Å². The summed E-state index contributed by atoms with van der Waals surface area (Å²) in [5.41, 5.74) is 2.32. The van der Waals surface area contributed by atoms with Crippen molar-refractivity contribution in [3.8, 4) is 5.75 Å². The molecule has 42 heavy (non-hydrogen) atoms. The number of urea groups is 1. The minimum Gasteiger partial charge on any atom is -0.497 e. The lowest BCUT2D eigenvalue weighted by Gasteiger charge is -2.43. The number of carboxylic acids is 1. The number of aliphatic carboxylic acids is 1. The Morgan fingerprint density at radius 3 is 2.38 bits per heavy atom. The topological polar surface area (TPSA) is 128 Å². The van der Waals surface area contributed by atoms with Crippen LogP contribution in [-0.4, -0.2) is 65.1 Å². The molecule has 0 aliphatic carbocycles. The molecule has 0 bridgehead atoms. The van der Waals surface area contributed by atoms with Crippen molar-refractivity contribution >= 4 is 29.5 Å². The van der Waals surface area contributed by atoms with Crippen LogP contribution in [0.15, 0.2) is 72.8 Å². The van der Waals surface area contributed by atoms with Crippen LogP contribution in [0.2, 0.25) is 0 Å². The van der Waals surface area contributed by atoms with Crippen LogP contribution in [-0.2, 0) is 20.8 Å². The molecule has 1 aliphatic heterocycles. The minimum atomic E-state index is -1.38. The molecule has 4 rings (SSSR count). The van der Waals surface area contributed by atoms with Crippen LogP contribution in [0.5, 0.6) is 5.75 Å². The summed E-state index contributed by atoms with van der Waals surface area (Å²) in [4.78, 5) is 55.2. The molecule has 0 radical (unpaired) electrons. The highest BCUT2D eigenvalue weighted by molar-refractivity contribution is 5.96. The Balaban J connectivity index is 1.64. The van der Waals surface area contributed by atoms with Crippen molar-refractivity contribution in [3.63, 3.8) is 0 Å². The molecule has 0 aromatic heterocycles. The van der Waals surface area contributed by atoms with Crippen molar-refractivity contribution < 1.29 is 33.4 Å². The van der Waals surface area contributed by atoms with Crippen LogP contribution in [0.3, 0.4) is 0 Å². The zero-order valence-electron chi connectivity index (χ0n) is 23.4. The predicted molar refractivity (Wildman–Crippen MR) is 153 cm³/mol. The number of carbonyl (C=O) groups excluding carboxylic acids is 3. The molecule has 10 nitrogen and oxygen atoms in total. The highest BCUT2D eigenvalue weighted by Crippen LogP contribution is 2.23. The third-order valence-corrected chi connectivity index (χ3v) is 6.93. The van der Waals surface area contributed by atoms with E-state index in [1.165, 1.54) is 35.1 Å². The van der Waals surface area contributed by atoms with Gasteiger partial charge in [0.2, 0.25) is 5.91 Å². The number of hydrogen-bond donors (Lipinski definition) is 3. The number of hydrogen-bond acceptors (Lipinski definition) is 5. The van der Waals surface area contributed by atoms with Gasteiger partial charge in [-0.1, -0.05) is 48.0 Å². The Kier molecular flexibility index (Phi) is 9.74. The van der Waals surface area contributed by atoms with Crippen LogP contribution >= 0.6 is 0 Å². The molecule has 2 unspecified atom stereocenters. The van der Waals surface area contributed by atoms with Gasteiger partial charge in [-0.3, -0.25) is 19.3 Å². The van der Waals surface area contributed by atoms with E-state index in [0.29, 0.717) is 23.3 Å². The standard InChI is InChI=1S/C31H33FN4O6/c1-20-6-3-7-22(16-20)26(19-28(38)39)34-29(40)30-35(27(37)17-21-10-12-25(42-2)13-11-21)14-5-15-36(30)31(41)33-24-9-4-8-23(32)18-24/h3-4,6-13,16,18,26,30H,5,14-15,17,19H2,1-2H3,(H,33,41)(H,34,40)(H,38,39). The van der Waals surface area contributed by atoms with Gasteiger partial charge in [0.15, 0.2) is 6.17 Å². The Hall–Kier alpha value is -4.93. The van der Waals surface area contributed by atoms with E-state index in [1.54, 1.807) is 42.5 Å². The summed E-state index contributed by atoms with van der Waals surface area (Å²) < 4.78 is 19.0. The number of carbonyl (C=O) groups is 4. The number of ether oxygens (including phenoxy) is 1. The maximum absolute atomic E-state index is 13.9. The van der Waals surface area contributed by atoms with Gasteiger partial charge in [0, 0.05) is 18.8 Å². The Morgan fingerprint density at radius 2 is 1.71 bits per heavy atom. The summed E-state index contributed by atoms with van der Waals surface area (Å²) in [5.74, 6) is -2.15. The molecule has 3 aromatic rings. The molecule has 4 amide bonds. The number of aryl methyl sites for hydroxylation is 1. The van der Waals surface area contributed by atoms with Gasteiger partial charge in [0.25, 0.3) is 5.91 Å². The monoisotopic (exact) mass is 576 g/mol. The molecule has 0 spiro atoms. The summed E-state index contributed by atoms with van der Waals surface area (Å²) >= 11 is 0. The lowest BCUT2D eigenvalue weighted by Crippen LogP contribution is -2.64. The summed E-state index contributed by atoms with van der Waals surface area (Å²) in [5, 5.41) is 15.0. The van der Waals surface area contributed by atoms with Gasteiger partial charge in [-0.2, -0.15) is 0 Å². The third kappa shape index (κ3) is 7.62. The number of nitrogens with one attached hydrogen (secondary N) is 2. The van der Waals surface area contributed by atoms with E-state index in [-0.39, 0.29) is 25.2 Å². The second-order valence-corrected chi connectivity index (χ2v) is 10.0. The first kappa shape index (κ1) is 30.0. The number of halogens is 1. The van der Waals surface area contributed by atoms with Crippen molar-refractivity contribution in [3.05, 3.63) is 95.3 Å². The number of amides is 4. The number of benzene rings is 3. The van der Waals surface area contributed by atoms with E-state index < -0.39 is 48.3 Å². The number of nitrogens with zero attached hydrogens (tertiary/aromatic N) is 2. The van der Waals surface area contributed by atoms with Crippen molar-refractivity contribution in [1.82, 2.24) is 15.1 Å². The van der Waals surface area contributed by atoms with Crippen LogP contribution in [0.1, 0.15) is 35.6 Å². The fourth-order valence-corrected chi connectivity index (χ4v) is 4.92. The first-order valence-electron chi connectivity index (χ1n) is 13.5. The highest BCUT2D eigenvalue weighted by atomic mass is 19.1. The van der Waals surface area contributed by atoms with Crippen LogP contribution in [0.4, 0.5) is 14.9 Å². The van der Waals surface area contributed by atoms with Gasteiger partial charge in [0.05, 0.1) is 26.0 Å². The second-order valence-electron chi connectivity index (χ2n) is 10.0. The average Bonchev–Trinajstić information content (AvgIpc) is 2.96. The van der Waals surface area contributed by atoms with E-state index in [2.05, 4.69) is 10.6 Å². The fraction of sp³-hybridized carbons (Fsp3) is 0.290. The van der Waals surface area contributed by atoms with Gasteiger partial charge in [-0.25, -0.2) is 9.18 Å². The van der Waals surface area contributed by atoms with E-state index in [4.69, 9.17) is 4.74 Å². The molecule has 0 saturated carbocycles. The molecule has 11 heteroatoms. The maximum Gasteiger partial charge on any atom is 0.323 e. The molecule has 1 fully saturated rings. The number of methoxy groups -OCH3 is 1. The molecule has 1 heterocycles. The number of anilines is 1. The molecule has 1 saturated heterocycles. The lowest BCUT2D eigenvalue weighted by molar-refractivity contribution is -0.149. The Bertz CT molecular complexity index is 1450. The van der Waals surface area contributed by atoms with Crippen molar-refractivity contribution in [1.29, 1.82) is 0 Å². The van der Waals surface area contributed by atoms with Crippen molar-refractivity contribution in [2.75, 3.05) is 25.5 Å². The van der Waals surface area contributed by atoms with Gasteiger partial charge < -0.3 is 25.4 Å². The van der Waals surface area contributed by atoms with E-state index in [9.17, 15) is 28.7 Å². The smallest absolute Gasteiger partial charge is 0.323 e. The Morgan fingerprint density at radius 1 is 1.00 bits per heavy atom. The van der Waals surface area contributed by atoms with Crippen molar-refractivity contribution in [2.45, 2.75) is 38.4 Å². The first-order chi connectivity index (χ1) is 20.1. The lowest BCUT2D eigenvalue weighted by atomic mass is 10.0. The largest absolute Gasteiger partial charge is 0.497 e. The van der Waals surface area contributed by atoms with Gasteiger partial charge in [-0.05, 0) is 54.8 Å². The summed E-state index contributed by atoms with van der Waals surface area (Å²) in [6.45, 7) is 2.19. The molecule has 3 N–H and O–H groups in total. The van der Waals surface area contributed by atoms with Gasteiger partial charge in [0.1, 0.15) is 11.6 Å². The van der Waals surface area contributed by atoms with Crippen molar-refractivity contribution in [2.24, 2.45) is 0 Å². The number of carboxylic acid groups (broad SMARTS) is 1. The van der Waals surface area contributed by atoms with Crippen LogP contribution < -0.4 is 15.4 Å². The van der Waals surface area contributed by atoms with E-state index in [1.807, 2.05) is 13.0 Å². The minimum absolute atomic E-state index is 0.0381. The SMILES string of the molecule is COc1ccc(CC(=O)N2CCCN(C(=O)Nc3cccc(F)c3)C2C(=O)NC(CC(=O)O)c2cccc(C)c2)cc1. The highest BCUT2D eigenvalue weighted by Gasteiger charge is 2.41. The quantitative estimate of drug-likeness (QED) is 0.352. The molecule has 1 aliphatic rings. The Labute approximate surface area is 243 Å². The normalized spacial score (nSPS) is 15.5. The summed E-state index contributed by atoms with van der Waals surface area (Å²) in [6.07, 6.45) is -1.43. The summed E-state index contributed by atoms with van der Waals surface area (Å²) in [6, 6.07) is 17.7.